The quantitative estimate of drug-likeness (QED) is 0.781. The summed E-state index contributed by atoms with van der Waals surface area (Å²) in [7, 11) is -3.86. The Bertz CT molecular complexity index is 916. The average Bonchev–Trinajstić information content (AvgIpc) is 3.34. The number of ether oxygens (including phenoxy) is 1. The summed E-state index contributed by atoms with van der Waals surface area (Å²) in [4.78, 5) is 12.8. The molecule has 0 radical (unpaired) electrons. The van der Waals surface area contributed by atoms with Gasteiger partial charge in [-0.3, -0.25) is 4.79 Å². The van der Waals surface area contributed by atoms with Crippen LogP contribution in [0.4, 0.5) is 4.39 Å². The van der Waals surface area contributed by atoms with Gasteiger partial charge in [-0.05, 0) is 36.8 Å². The number of rotatable bonds is 6. The average molecular weight is 377 g/mol. The SMILES string of the molecule is CCOC(=O)[C@]1(CN)[C@H](c2cccc(F)c2)[C@H]1S(=O)(=O)c1ccccc1. The van der Waals surface area contributed by atoms with Gasteiger partial charge < -0.3 is 10.5 Å². The largest absolute Gasteiger partial charge is 0.465 e. The number of hydrogen-bond donors (Lipinski definition) is 1. The molecule has 1 aliphatic rings. The molecule has 1 aliphatic carbocycles. The molecule has 0 amide bonds. The molecule has 3 rings (SSSR count). The molecule has 2 aromatic rings. The Hall–Kier alpha value is -2.25. The van der Waals surface area contributed by atoms with Gasteiger partial charge in [0.1, 0.15) is 11.2 Å². The first kappa shape index (κ1) is 18.5. The minimum atomic E-state index is -3.86. The van der Waals surface area contributed by atoms with Crippen molar-refractivity contribution < 1.29 is 22.3 Å². The van der Waals surface area contributed by atoms with E-state index in [4.69, 9.17) is 10.5 Å². The molecule has 1 saturated carbocycles. The summed E-state index contributed by atoms with van der Waals surface area (Å²) >= 11 is 0. The van der Waals surface area contributed by atoms with Crippen molar-refractivity contribution in [3.63, 3.8) is 0 Å². The zero-order chi connectivity index (χ0) is 18.9. The molecule has 2 N–H and O–H groups in total. The lowest BCUT2D eigenvalue weighted by Crippen LogP contribution is -2.33. The zero-order valence-corrected chi connectivity index (χ0v) is 15.1. The van der Waals surface area contributed by atoms with Crippen LogP contribution in [0.2, 0.25) is 0 Å². The fourth-order valence-corrected chi connectivity index (χ4v) is 6.03. The standard InChI is InChI=1S/C19H20FNO4S/c1-2-25-18(22)19(12-21)16(13-7-6-8-14(20)11-13)17(19)26(23,24)15-9-4-3-5-10-15/h3-11,16-17H,2,12,21H2,1H3/t16-,17-,19-/m1/s1. The lowest BCUT2D eigenvalue weighted by Gasteiger charge is -2.14. The molecule has 5 nitrogen and oxygen atoms in total. The van der Waals surface area contributed by atoms with E-state index in [2.05, 4.69) is 0 Å². The predicted octanol–water partition coefficient (Wildman–Crippen LogP) is 2.27. The summed E-state index contributed by atoms with van der Waals surface area (Å²) in [6.07, 6.45) is 0. The fraction of sp³-hybridized carbons (Fsp3) is 0.316. The molecular formula is C19H20FNO4S. The lowest BCUT2D eigenvalue weighted by atomic mass is 9.99. The molecule has 2 aromatic carbocycles. The van der Waals surface area contributed by atoms with Gasteiger partial charge in [0.25, 0.3) is 0 Å². The minimum Gasteiger partial charge on any atom is -0.465 e. The van der Waals surface area contributed by atoms with Crippen molar-refractivity contribution in [3.05, 3.63) is 66.0 Å². The number of carbonyl (C=O) groups is 1. The van der Waals surface area contributed by atoms with Crippen LogP contribution in [0, 0.1) is 11.2 Å². The van der Waals surface area contributed by atoms with Crippen LogP contribution in [-0.2, 0) is 19.4 Å². The normalized spacial score (nSPS) is 24.9. The summed E-state index contributed by atoms with van der Waals surface area (Å²) < 4.78 is 45.2. The van der Waals surface area contributed by atoms with Gasteiger partial charge in [-0.25, -0.2) is 12.8 Å². The maximum absolute atomic E-state index is 13.7. The molecule has 1 fully saturated rings. The first-order valence-corrected chi connectivity index (χ1v) is 9.86. The van der Waals surface area contributed by atoms with E-state index < -0.39 is 38.2 Å². The number of carbonyl (C=O) groups excluding carboxylic acids is 1. The molecule has 3 atom stereocenters. The van der Waals surface area contributed by atoms with Crippen LogP contribution in [0.1, 0.15) is 18.4 Å². The highest BCUT2D eigenvalue weighted by Crippen LogP contribution is 2.64. The number of esters is 1. The molecule has 0 aliphatic heterocycles. The number of nitrogens with two attached hydrogens (primary N) is 1. The number of hydrogen-bond acceptors (Lipinski definition) is 5. The molecule has 0 unspecified atom stereocenters. The van der Waals surface area contributed by atoms with Crippen LogP contribution in [0.15, 0.2) is 59.5 Å². The van der Waals surface area contributed by atoms with Gasteiger partial charge in [0.2, 0.25) is 0 Å². The Kier molecular flexibility index (Phi) is 4.86. The number of halogens is 1. The molecule has 138 valence electrons. The van der Waals surface area contributed by atoms with Crippen molar-refractivity contribution in [2.75, 3.05) is 13.2 Å². The molecule has 0 aromatic heterocycles. The molecule has 0 spiro atoms. The summed E-state index contributed by atoms with van der Waals surface area (Å²) in [6.45, 7) is 1.54. The molecule has 0 saturated heterocycles. The second-order valence-electron chi connectivity index (χ2n) is 6.28. The Balaban J connectivity index is 2.13. The van der Waals surface area contributed by atoms with E-state index in [9.17, 15) is 17.6 Å². The van der Waals surface area contributed by atoms with Crippen molar-refractivity contribution in [1.82, 2.24) is 0 Å². The van der Waals surface area contributed by atoms with E-state index >= 15 is 0 Å². The second-order valence-corrected chi connectivity index (χ2v) is 8.35. The third-order valence-electron chi connectivity index (χ3n) is 4.86. The van der Waals surface area contributed by atoms with Crippen LogP contribution in [0.25, 0.3) is 0 Å². The summed E-state index contributed by atoms with van der Waals surface area (Å²) in [5.41, 5.74) is 4.88. The maximum atomic E-state index is 13.7. The first-order valence-electron chi connectivity index (χ1n) is 8.31. The Labute approximate surface area is 151 Å². The maximum Gasteiger partial charge on any atom is 0.315 e. The first-order chi connectivity index (χ1) is 12.4. The van der Waals surface area contributed by atoms with Crippen LogP contribution in [-0.4, -0.2) is 32.8 Å². The summed E-state index contributed by atoms with van der Waals surface area (Å²) in [5, 5.41) is -1.09. The second kappa shape index (κ2) is 6.81. The lowest BCUT2D eigenvalue weighted by molar-refractivity contribution is -0.149. The molecular weight excluding hydrogens is 357 g/mol. The van der Waals surface area contributed by atoms with Crippen molar-refractivity contribution in [2.24, 2.45) is 11.1 Å². The van der Waals surface area contributed by atoms with Crippen molar-refractivity contribution >= 4 is 15.8 Å². The smallest absolute Gasteiger partial charge is 0.315 e. The van der Waals surface area contributed by atoms with E-state index in [0.717, 1.165) is 0 Å². The van der Waals surface area contributed by atoms with Gasteiger partial charge in [0.15, 0.2) is 9.84 Å². The van der Waals surface area contributed by atoms with Gasteiger partial charge >= 0.3 is 5.97 Å². The van der Waals surface area contributed by atoms with Crippen LogP contribution < -0.4 is 5.73 Å². The van der Waals surface area contributed by atoms with Gasteiger partial charge in [0.05, 0.1) is 16.8 Å². The molecule has 7 heteroatoms. The Morgan fingerprint density at radius 1 is 1.19 bits per heavy atom. The molecule has 26 heavy (non-hydrogen) atoms. The monoisotopic (exact) mass is 377 g/mol. The van der Waals surface area contributed by atoms with Gasteiger partial charge in [-0.15, -0.1) is 0 Å². The minimum absolute atomic E-state index is 0.103. The van der Waals surface area contributed by atoms with Gasteiger partial charge in [-0.1, -0.05) is 30.3 Å². The van der Waals surface area contributed by atoms with E-state index in [0.29, 0.717) is 5.56 Å². The van der Waals surface area contributed by atoms with Crippen LogP contribution in [0.5, 0.6) is 0 Å². The molecule has 0 heterocycles. The van der Waals surface area contributed by atoms with Gasteiger partial charge in [0, 0.05) is 12.5 Å². The van der Waals surface area contributed by atoms with Crippen LogP contribution >= 0.6 is 0 Å². The van der Waals surface area contributed by atoms with Crippen molar-refractivity contribution in [1.29, 1.82) is 0 Å². The predicted molar refractivity (Wildman–Crippen MR) is 94.7 cm³/mol. The zero-order valence-electron chi connectivity index (χ0n) is 14.3. The number of sulfone groups is 1. The van der Waals surface area contributed by atoms with E-state index in [-0.39, 0.29) is 18.0 Å². The molecule has 0 bridgehead atoms. The third kappa shape index (κ3) is 2.81. The highest BCUT2D eigenvalue weighted by atomic mass is 32.2. The highest BCUT2D eigenvalue weighted by Gasteiger charge is 2.75. The highest BCUT2D eigenvalue weighted by molar-refractivity contribution is 7.92. The van der Waals surface area contributed by atoms with E-state index in [1.54, 1.807) is 31.2 Å². The summed E-state index contributed by atoms with van der Waals surface area (Å²) in [5.74, 6) is -1.92. The van der Waals surface area contributed by atoms with Gasteiger partial charge in [-0.2, -0.15) is 0 Å². The van der Waals surface area contributed by atoms with E-state index in [1.165, 1.54) is 30.3 Å². The fourth-order valence-electron chi connectivity index (χ4n) is 3.62. The topological polar surface area (TPSA) is 86.5 Å². The van der Waals surface area contributed by atoms with Crippen LogP contribution in [0.3, 0.4) is 0 Å². The Morgan fingerprint density at radius 3 is 2.46 bits per heavy atom. The number of benzene rings is 2. The van der Waals surface area contributed by atoms with Crippen molar-refractivity contribution in [2.45, 2.75) is 23.0 Å². The van der Waals surface area contributed by atoms with E-state index in [1.807, 2.05) is 0 Å². The third-order valence-corrected chi connectivity index (χ3v) is 7.15. The van der Waals surface area contributed by atoms with Crippen molar-refractivity contribution in [3.8, 4) is 0 Å². The Morgan fingerprint density at radius 2 is 1.88 bits per heavy atom. The summed E-state index contributed by atoms with van der Waals surface area (Å²) in [6, 6.07) is 13.5.